The van der Waals surface area contributed by atoms with Crippen molar-refractivity contribution in [3.63, 3.8) is 0 Å². The van der Waals surface area contributed by atoms with Gasteiger partial charge in [-0.1, -0.05) is 0 Å². The maximum Gasteiger partial charge on any atom is 0.330 e. The number of carboxylic acid groups (broad SMARTS) is 1. The maximum absolute atomic E-state index is 11.9. The first kappa shape index (κ1) is 13.7. The second-order valence-electron chi connectivity index (χ2n) is 5.04. The minimum Gasteiger partial charge on any atom is -0.479 e. The average molecular weight is 272 g/mol. The minimum atomic E-state index is -1.02. The molecule has 2 saturated heterocycles. The summed E-state index contributed by atoms with van der Waals surface area (Å²) in [6.45, 7) is 2.87. The van der Waals surface area contributed by atoms with Crippen LogP contribution in [-0.4, -0.2) is 58.6 Å². The third-order valence-corrected chi connectivity index (χ3v) is 4.85. The highest BCUT2D eigenvalue weighted by molar-refractivity contribution is 7.99. The summed E-state index contributed by atoms with van der Waals surface area (Å²) in [6, 6.07) is 0. The van der Waals surface area contributed by atoms with E-state index in [2.05, 4.69) is 10.2 Å². The maximum atomic E-state index is 11.9. The number of aliphatic carboxylic acids is 1. The average Bonchev–Trinajstić information content (AvgIpc) is 2.97. The Morgan fingerprint density at radius 2 is 2.06 bits per heavy atom. The van der Waals surface area contributed by atoms with Crippen LogP contribution in [0, 0.1) is 0 Å². The van der Waals surface area contributed by atoms with E-state index in [1.165, 1.54) is 12.8 Å². The van der Waals surface area contributed by atoms with Gasteiger partial charge >= 0.3 is 5.97 Å². The summed E-state index contributed by atoms with van der Waals surface area (Å²) in [5, 5.41) is 12.0. The van der Waals surface area contributed by atoms with Crippen molar-refractivity contribution < 1.29 is 14.7 Å². The topological polar surface area (TPSA) is 69.6 Å². The molecule has 102 valence electrons. The summed E-state index contributed by atoms with van der Waals surface area (Å²) in [5.41, 5.74) is -1.02. The number of likely N-dealkylation sites (tertiary alicyclic amines) is 1. The molecular weight excluding hydrogens is 252 g/mol. The van der Waals surface area contributed by atoms with E-state index in [0.29, 0.717) is 18.6 Å². The van der Waals surface area contributed by atoms with E-state index in [-0.39, 0.29) is 5.91 Å². The van der Waals surface area contributed by atoms with Gasteiger partial charge in [0.1, 0.15) is 5.54 Å². The molecule has 1 amide bonds. The Balaban J connectivity index is 1.80. The van der Waals surface area contributed by atoms with Gasteiger partial charge < -0.3 is 15.3 Å². The number of nitrogens with zero attached hydrogens (tertiary/aromatic N) is 1. The van der Waals surface area contributed by atoms with Gasteiger partial charge in [0.2, 0.25) is 5.91 Å². The highest BCUT2D eigenvalue weighted by Gasteiger charge is 2.43. The van der Waals surface area contributed by atoms with E-state index in [1.807, 2.05) is 0 Å². The van der Waals surface area contributed by atoms with Gasteiger partial charge in [-0.15, -0.1) is 0 Å². The molecule has 6 heteroatoms. The molecule has 0 spiro atoms. The molecule has 0 aromatic rings. The van der Waals surface area contributed by atoms with Gasteiger partial charge in [0.25, 0.3) is 0 Å². The third-order valence-electron chi connectivity index (χ3n) is 3.66. The molecule has 2 fully saturated rings. The molecule has 2 rings (SSSR count). The summed E-state index contributed by atoms with van der Waals surface area (Å²) in [5.74, 6) is 0.255. The summed E-state index contributed by atoms with van der Waals surface area (Å²) in [6.07, 6.45) is 3.34. The number of nitrogens with one attached hydrogen (secondary N) is 1. The largest absolute Gasteiger partial charge is 0.479 e. The van der Waals surface area contributed by atoms with Crippen LogP contribution in [0.25, 0.3) is 0 Å². The van der Waals surface area contributed by atoms with Crippen molar-refractivity contribution in [1.82, 2.24) is 10.2 Å². The fraction of sp³-hybridized carbons (Fsp3) is 0.833. The van der Waals surface area contributed by atoms with Crippen molar-refractivity contribution in [2.24, 2.45) is 0 Å². The van der Waals surface area contributed by atoms with Crippen LogP contribution in [0.3, 0.4) is 0 Å². The Labute approximate surface area is 111 Å². The first-order valence-electron chi connectivity index (χ1n) is 6.47. The Morgan fingerprint density at radius 3 is 2.61 bits per heavy atom. The van der Waals surface area contributed by atoms with Gasteiger partial charge in [-0.25, -0.2) is 4.79 Å². The van der Waals surface area contributed by atoms with Gasteiger partial charge in [-0.2, -0.15) is 11.8 Å². The standard InChI is InChI=1S/C12H20N2O3S/c15-10(3-7-14-5-1-2-6-14)13-12(11(16)17)4-8-18-9-12/h1-9H2,(H,13,15)(H,16,17). The fourth-order valence-electron chi connectivity index (χ4n) is 2.48. The normalized spacial score (nSPS) is 28.4. The molecule has 0 aliphatic carbocycles. The first-order valence-corrected chi connectivity index (χ1v) is 7.62. The van der Waals surface area contributed by atoms with Gasteiger partial charge in [-0.3, -0.25) is 4.79 Å². The molecule has 2 N–H and O–H groups in total. The Morgan fingerprint density at radius 1 is 1.33 bits per heavy atom. The number of thioether (sulfide) groups is 1. The van der Waals surface area contributed by atoms with Crippen LogP contribution in [-0.2, 0) is 9.59 Å². The van der Waals surface area contributed by atoms with E-state index in [0.717, 1.165) is 25.4 Å². The van der Waals surface area contributed by atoms with E-state index in [1.54, 1.807) is 11.8 Å². The van der Waals surface area contributed by atoms with Gasteiger partial charge in [-0.05, 0) is 38.1 Å². The zero-order valence-corrected chi connectivity index (χ0v) is 11.3. The number of carbonyl (C=O) groups excluding carboxylic acids is 1. The highest BCUT2D eigenvalue weighted by Crippen LogP contribution is 2.28. The molecule has 18 heavy (non-hydrogen) atoms. The van der Waals surface area contributed by atoms with Gasteiger partial charge in [0.05, 0.1) is 0 Å². The lowest BCUT2D eigenvalue weighted by molar-refractivity contribution is -0.146. The summed E-state index contributed by atoms with van der Waals surface area (Å²) in [7, 11) is 0. The quantitative estimate of drug-likeness (QED) is 0.765. The van der Waals surface area contributed by atoms with Crippen molar-refractivity contribution in [3.8, 4) is 0 Å². The molecule has 2 aliphatic heterocycles. The summed E-state index contributed by atoms with van der Waals surface area (Å²) < 4.78 is 0. The molecule has 2 heterocycles. The number of hydrogen-bond donors (Lipinski definition) is 2. The Bertz CT molecular complexity index is 323. The number of hydrogen-bond acceptors (Lipinski definition) is 4. The fourth-order valence-corrected chi connectivity index (χ4v) is 3.81. The molecule has 1 unspecified atom stereocenters. The van der Waals surface area contributed by atoms with E-state index in [4.69, 9.17) is 0 Å². The van der Waals surface area contributed by atoms with Gasteiger partial charge in [0.15, 0.2) is 0 Å². The minimum absolute atomic E-state index is 0.133. The van der Waals surface area contributed by atoms with E-state index >= 15 is 0 Å². The SMILES string of the molecule is O=C(CCN1CCCC1)NC1(C(=O)O)CCSC1. The van der Waals surface area contributed by atoms with E-state index in [9.17, 15) is 14.7 Å². The highest BCUT2D eigenvalue weighted by atomic mass is 32.2. The summed E-state index contributed by atoms with van der Waals surface area (Å²) >= 11 is 1.59. The van der Waals surface area contributed by atoms with Crippen LogP contribution in [0.1, 0.15) is 25.7 Å². The molecule has 0 bridgehead atoms. The lowest BCUT2D eigenvalue weighted by atomic mass is 9.99. The smallest absolute Gasteiger partial charge is 0.330 e. The van der Waals surface area contributed by atoms with Crippen LogP contribution in [0.4, 0.5) is 0 Å². The Hall–Kier alpha value is -0.750. The first-order chi connectivity index (χ1) is 8.62. The van der Waals surface area contributed by atoms with Crippen LogP contribution >= 0.6 is 11.8 Å². The second kappa shape index (κ2) is 5.93. The number of carbonyl (C=O) groups is 2. The Kier molecular flexibility index (Phi) is 4.50. The lowest BCUT2D eigenvalue weighted by Gasteiger charge is -2.25. The third kappa shape index (κ3) is 3.17. The monoisotopic (exact) mass is 272 g/mol. The molecule has 0 radical (unpaired) electrons. The van der Waals surface area contributed by atoms with Crippen molar-refractivity contribution in [2.75, 3.05) is 31.1 Å². The number of carboxylic acids is 1. The van der Waals surface area contributed by atoms with Gasteiger partial charge in [0, 0.05) is 18.7 Å². The molecular formula is C12H20N2O3S. The molecule has 5 nitrogen and oxygen atoms in total. The molecule has 0 aromatic carbocycles. The zero-order chi connectivity index (χ0) is 13.0. The van der Waals surface area contributed by atoms with Crippen molar-refractivity contribution >= 4 is 23.6 Å². The predicted molar refractivity (Wildman–Crippen MR) is 70.7 cm³/mol. The van der Waals surface area contributed by atoms with Crippen LogP contribution in [0.2, 0.25) is 0 Å². The van der Waals surface area contributed by atoms with Crippen molar-refractivity contribution in [3.05, 3.63) is 0 Å². The molecule has 1 atom stereocenters. The molecule has 2 aliphatic rings. The lowest BCUT2D eigenvalue weighted by Crippen LogP contribution is -2.55. The number of amides is 1. The molecule has 0 aromatic heterocycles. The van der Waals surface area contributed by atoms with Crippen LogP contribution < -0.4 is 5.32 Å². The molecule has 0 saturated carbocycles. The van der Waals surface area contributed by atoms with Crippen LogP contribution in [0.5, 0.6) is 0 Å². The van der Waals surface area contributed by atoms with E-state index < -0.39 is 11.5 Å². The zero-order valence-electron chi connectivity index (χ0n) is 10.5. The van der Waals surface area contributed by atoms with Crippen molar-refractivity contribution in [1.29, 1.82) is 0 Å². The number of rotatable bonds is 5. The summed E-state index contributed by atoms with van der Waals surface area (Å²) in [4.78, 5) is 25.4. The van der Waals surface area contributed by atoms with Crippen molar-refractivity contribution in [2.45, 2.75) is 31.2 Å². The van der Waals surface area contributed by atoms with Crippen LogP contribution in [0.15, 0.2) is 0 Å². The predicted octanol–water partition coefficient (Wildman–Crippen LogP) is 0.549. The second-order valence-corrected chi connectivity index (χ2v) is 6.14.